The molecule has 2 heterocycles. The number of hydrazine groups is 1. The van der Waals surface area contributed by atoms with Gasteiger partial charge in [-0.2, -0.15) is 0 Å². The number of nitrogens with zero attached hydrogens (tertiary/aromatic N) is 1. The molecular formula is C12H11N3O2S. The zero-order chi connectivity index (χ0) is 12.8. The molecule has 2 aromatic rings. The predicted molar refractivity (Wildman–Crippen MR) is 67.9 cm³/mol. The Labute approximate surface area is 108 Å². The summed E-state index contributed by atoms with van der Waals surface area (Å²) in [4.78, 5) is 27.9. The van der Waals surface area contributed by atoms with Crippen molar-refractivity contribution in [3.05, 3.63) is 52.5 Å². The maximum Gasteiger partial charge on any atom is 0.271 e. The van der Waals surface area contributed by atoms with Crippen molar-refractivity contribution < 1.29 is 9.59 Å². The number of hydrogen-bond acceptors (Lipinski definition) is 4. The topological polar surface area (TPSA) is 71.1 Å². The fourth-order valence-corrected chi connectivity index (χ4v) is 2.01. The highest BCUT2D eigenvalue weighted by molar-refractivity contribution is 7.10. The molecule has 0 radical (unpaired) electrons. The van der Waals surface area contributed by atoms with Crippen molar-refractivity contribution in [3.63, 3.8) is 0 Å². The fraction of sp³-hybridized carbons (Fsp3) is 0.0833. The number of thiophene rings is 1. The number of rotatable bonds is 3. The van der Waals surface area contributed by atoms with Crippen LogP contribution in [0.4, 0.5) is 0 Å². The minimum Gasteiger partial charge on any atom is -0.273 e. The molecule has 0 aliphatic rings. The third-order valence-corrected chi connectivity index (χ3v) is 3.03. The van der Waals surface area contributed by atoms with Crippen molar-refractivity contribution in [2.75, 3.05) is 0 Å². The van der Waals surface area contributed by atoms with Crippen molar-refractivity contribution in [1.29, 1.82) is 0 Å². The number of nitrogens with one attached hydrogen (secondary N) is 2. The van der Waals surface area contributed by atoms with Gasteiger partial charge in [-0.25, -0.2) is 0 Å². The van der Waals surface area contributed by atoms with Crippen LogP contribution in [-0.2, 0) is 11.2 Å². The van der Waals surface area contributed by atoms with Gasteiger partial charge in [-0.1, -0.05) is 6.07 Å². The summed E-state index contributed by atoms with van der Waals surface area (Å²) in [5.41, 5.74) is 5.09. The minimum absolute atomic E-state index is 0.255. The maximum atomic E-state index is 11.6. The molecule has 92 valence electrons. The molecule has 0 bridgehead atoms. The Morgan fingerprint density at radius 3 is 2.78 bits per heavy atom. The van der Waals surface area contributed by atoms with Crippen LogP contribution in [0.1, 0.15) is 15.2 Å². The maximum absolute atomic E-state index is 11.6. The smallest absolute Gasteiger partial charge is 0.271 e. The summed E-state index contributed by atoms with van der Waals surface area (Å²) in [7, 11) is 0. The van der Waals surface area contributed by atoms with Crippen LogP contribution in [-0.4, -0.2) is 16.8 Å². The van der Waals surface area contributed by atoms with E-state index < -0.39 is 0 Å². The highest BCUT2D eigenvalue weighted by Gasteiger charge is 2.07. The van der Waals surface area contributed by atoms with Gasteiger partial charge in [0.05, 0.1) is 12.0 Å². The molecule has 0 aliphatic carbocycles. The summed E-state index contributed by atoms with van der Waals surface area (Å²) in [5, 5.41) is 1.90. The van der Waals surface area contributed by atoms with Gasteiger partial charge in [0.25, 0.3) is 5.91 Å². The number of pyridine rings is 1. The zero-order valence-electron chi connectivity index (χ0n) is 9.42. The van der Waals surface area contributed by atoms with Gasteiger partial charge in [-0.3, -0.25) is 25.4 Å². The Bertz CT molecular complexity index is 526. The molecular weight excluding hydrogens is 250 g/mol. The second-order valence-electron chi connectivity index (χ2n) is 3.50. The van der Waals surface area contributed by atoms with Crippen LogP contribution < -0.4 is 10.9 Å². The average molecular weight is 261 g/mol. The Morgan fingerprint density at radius 2 is 2.11 bits per heavy atom. The van der Waals surface area contributed by atoms with Crippen molar-refractivity contribution in [1.82, 2.24) is 15.8 Å². The summed E-state index contributed by atoms with van der Waals surface area (Å²) in [6, 6.07) is 7.02. The molecule has 2 aromatic heterocycles. The molecule has 0 saturated heterocycles. The molecule has 0 unspecified atom stereocenters. The first-order valence-corrected chi connectivity index (χ1v) is 6.15. The lowest BCUT2D eigenvalue weighted by Crippen LogP contribution is -2.42. The quantitative estimate of drug-likeness (QED) is 0.814. The molecule has 0 spiro atoms. The van der Waals surface area contributed by atoms with Gasteiger partial charge in [0.1, 0.15) is 0 Å². The van der Waals surface area contributed by atoms with E-state index in [0.717, 1.165) is 4.88 Å². The molecule has 0 aliphatic heterocycles. The molecule has 6 heteroatoms. The first kappa shape index (κ1) is 12.3. The molecule has 5 nitrogen and oxygen atoms in total. The largest absolute Gasteiger partial charge is 0.273 e. The second kappa shape index (κ2) is 5.92. The van der Waals surface area contributed by atoms with Gasteiger partial charge in [0.15, 0.2) is 0 Å². The zero-order valence-corrected chi connectivity index (χ0v) is 10.2. The van der Waals surface area contributed by atoms with Gasteiger partial charge in [0.2, 0.25) is 5.91 Å². The molecule has 0 aromatic carbocycles. The molecule has 0 saturated carbocycles. The highest BCUT2D eigenvalue weighted by Crippen LogP contribution is 2.08. The fourth-order valence-electron chi connectivity index (χ4n) is 1.31. The van der Waals surface area contributed by atoms with Crippen LogP contribution in [0.15, 0.2) is 42.0 Å². The molecule has 2 amide bonds. The summed E-state index contributed by atoms with van der Waals surface area (Å²) < 4.78 is 0. The minimum atomic E-state index is -0.386. The van der Waals surface area contributed by atoms with Crippen LogP contribution in [0.25, 0.3) is 0 Å². The molecule has 0 fully saturated rings. The summed E-state index contributed by atoms with van der Waals surface area (Å²) >= 11 is 1.50. The predicted octanol–water partition coefficient (Wildman–Crippen LogP) is 1.15. The number of carbonyl (C=O) groups is 2. The van der Waals surface area contributed by atoms with E-state index in [2.05, 4.69) is 15.8 Å². The monoisotopic (exact) mass is 261 g/mol. The van der Waals surface area contributed by atoms with E-state index in [1.54, 1.807) is 18.3 Å². The van der Waals surface area contributed by atoms with Gasteiger partial charge >= 0.3 is 0 Å². The van der Waals surface area contributed by atoms with E-state index in [4.69, 9.17) is 0 Å². The van der Waals surface area contributed by atoms with Crippen molar-refractivity contribution in [2.24, 2.45) is 0 Å². The third kappa shape index (κ3) is 3.39. The Morgan fingerprint density at radius 1 is 1.22 bits per heavy atom. The lowest BCUT2D eigenvalue weighted by molar-refractivity contribution is -0.121. The van der Waals surface area contributed by atoms with Crippen LogP contribution in [0.3, 0.4) is 0 Å². The van der Waals surface area contributed by atoms with Crippen molar-refractivity contribution in [2.45, 2.75) is 6.42 Å². The van der Waals surface area contributed by atoms with E-state index in [0.29, 0.717) is 5.56 Å². The van der Waals surface area contributed by atoms with E-state index in [1.807, 2.05) is 17.5 Å². The van der Waals surface area contributed by atoms with E-state index in [1.165, 1.54) is 17.5 Å². The number of carbonyl (C=O) groups excluding carboxylic acids is 2. The normalized spacial score (nSPS) is 9.78. The van der Waals surface area contributed by atoms with Crippen LogP contribution >= 0.6 is 11.3 Å². The van der Waals surface area contributed by atoms with Crippen molar-refractivity contribution >= 4 is 23.2 Å². The SMILES string of the molecule is O=C(Cc1cccs1)NNC(=O)c1cccnc1. The second-order valence-corrected chi connectivity index (χ2v) is 4.53. The first-order chi connectivity index (χ1) is 8.75. The van der Waals surface area contributed by atoms with Crippen molar-refractivity contribution in [3.8, 4) is 0 Å². The number of aromatic nitrogens is 1. The third-order valence-electron chi connectivity index (χ3n) is 2.15. The molecule has 0 atom stereocenters. The Hall–Kier alpha value is -2.21. The lowest BCUT2D eigenvalue weighted by Gasteiger charge is -2.06. The van der Waals surface area contributed by atoms with E-state index in [-0.39, 0.29) is 18.2 Å². The Kier molecular flexibility index (Phi) is 4.03. The van der Waals surface area contributed by atoms with Crippen LogP contribution in [0.5, 0.6) is 0 Å². The van der Waals surface area contributed by atoms with Gasteiger partial charge in [-0.05, 0) is 23.6 Å². The average Bonchev–Trinajstić information content (AvgIpc) is 2.90. The van der Waals surface area contributed by atoms with E-state index in [9.17, 15) is 9.59 Å². The highest BCUT2D eigenvalue weighted by atomic mass is 32.1. The molecule has 18 heavy (non-hydrogen) atoms. The first-order valence-electron chi connectivity index (χ1n) is 5.27. The van der Waals surface area contributed by atoms with Gasteiger partial charge in [-0.15, -0.1) is 11.3 Å². The Balaban J connectivity index is 1.81. The van der Waals surface area contributed by atoms with Gasteiger partial charge in [0, 0.05) is 17.3 Å². The molecule has 2 rings (SSSR count). The van der Waals surface area contributed by atoms with E-state index >= 15 is 0 Å². The summed E-state index contributed by atoms with van der Waals surface area (Å²) in [6.07, 6.45) is 3.26. The lowest BCUT2D eigenvalue weighted by atomic mass is 10.3. The number of amides is 2. The summed E-state index contributed by atoms with van der Waals surface area (Å²) in [5.74, 6) is -0.641. The molecule has 2 N–H and O–H groups in total. The number of hydrogen-bond donors (Lipinski definition) is 2. The summed E-state index contributed by atoms with van der Waals surface area (Å²) in [6.45, 7) is 0. The van der Waals surface area contributed by atoms with Crippen LogP contribution in [0, 0.1) is 0 Å². The standard InChI is InChI=1S/C12H11N3O2S/c16-11(7-10-4-2-6-18-10)14-15-12(17)9-3-1-5-13-8-9/h1-6,8H,7H2,(H,14,16)(H,15,17). The van der Waals surface area contributed by atoms with Crippen LogP contribution in [0.2, 0.25) is 0 Å². The van der Waals surface area contributed by atoms with Gasteiger partial charge < -0.3 is 0 Å².